The van der Waals surface area contributed by atoms with Gasteiger partial charge in [-0.05, 0) is 35.0 Å². The van der Waals surface area contributed by atoms with E-state index in [0.717, 1.165) is 11.3 Å². The summed E-state index contributed by atoms with van der Waals surface area (Å²) in [5, 5.41) is 14.8. The predicted molar refractivity (Wildman–Crippen MR) is 64.1 cm³/mol. The zero-order valence-corrected chi connectivity index (χ0v) is 9.61. The molecule has 18 heavy (non-hydrogen) atoms. The van der Waals surface area contributed by atoms with Crippen LogP contribution >= 0.6 is 0 Å². The lowest BCUT2D eigenvalue weighted by Gasteiger charge is -2.04. The molecule has 1 aromatic heterocycles. The lowest BCUT2D eigenvalue weighted by molar-refractivity contribution is 0.249. The topological polar surface area (TPSA) is 111 Å². The van der Waals surface area contributed by atoms with E-state index in [9.17, 15) is 4.79 Å². The van der Waals surface area contributed by atoms with Crippen LogP contribution in [-0.2, 0) is 0 Å². The van der Waals surface area contributed by atoms with E-state index < -0.39 is 6.03 Å². The highest BCUT2D eigenvalue weighted by molar-refractivity contribution is 5.99. The second kappa shape index (κ2) is 5.04. The molecule has 0 fully saturated rings. The van der Waals surface area contributed by atoms with Crippen molar-refractivity contribution >= 4 is 11.7 Å². The van der Waals surface area contributed by atoms with E-state index in [-0.39, 0.29) is 0 Å². The molecule has 92 valence electrons. The van der Waals surface area contributed by atoms with Crippen LogP contribution in [0.5, 0.6) is 0 Å². The van der Waals surface area contributed by atoms with Gasteiger partial charge < -0.3 is 5.73 Å². The molecule has 0 spiro atoms. The highest BCUT2D eigenvalue weighted by Crippen LogP contribution is 2.09. The number of carbonyl (C=O) groups is 1. The van der Waals surface area contributed by atoms with Crippen LogP contribution < -0.4 is 11.2 Å². The molecular formula is C10H11N7O. The maximum Gasteiger partial charge on any atom is 0.332 e. The molecule has 0 atom stereocenters. The molecule has 0 radical (unpaired) electrons. The minimum atomic E-state index is -0.703. The first-order chi connectivity index (χ1) is 8.66. The van der Waals surface area contributed by atoms with Gasteiger partial charge in [-0.15, -0.1) is 5.10 Å². The van der Waals surface area contributed by atoms with E-state index >= 15 is 0 Å². The number of aromatic nitrogens is 4. The van der Waals surface area contributed by atoms with Crippen LogP contribution in [0.25, 0.3) is 5.69 Å². The van der Waals surface area contributed by atoms with Crippen LogP contribution in [0.4, 0.5) is 4.79 Å². The molecule has 0 aliphatic carbocycles. The first-order valence-corrected chi connectivity index (χ1v) is 5.10. The number of hydrazone groups is 1. The number of nitrogens with zero attached hydrogens (tertiary/aromatic N) is 5. The summed E-state index contributed by atoms with van der Waals surface area (Å²) in [6.45, 7) is 1.76. The molecule has 0 saturated heterocycles. The molecular weight excluding hydrogens is 234 g/mol. The Morgan fingerprint density at radius 3 is 3.00 bits per heavy atom. The number of primary amides is 1. The molecule has 8 nitrogen and oxygen atoms in total. The highest BCUT2D eigenvalue weighted by atomic mass is 16.2. The minimum absolute atomic E-state index is 0.628. The third-order valence-corrected chi connectivity index (χ3v) is 2.21. The third-order valence-electron chi connectivity index (χ3n) is 2.21. The molecule has 2 aromatic rings. The third kappa shape index (κ3) is 2.67. The summed E-state index contributed by atoms with van der Waals surface area (Å²) >= 11 is 0. The molecule has 3 N–H and O–H groups in total. The van der Waals surface area contributed by atoms with E-state index in [0.29, 0.717) is 5.71 Å². The smallest absolute Gasteiger partial charge is 0.332 e. The van der Waals surface area contributed by atoms with Gasteiger partial charge in [-0.1, -0.05) is 12.1 Å². The standard InChI is InChI=1S/C10H11N7O/c1-7(13-14-10(11)18)8-3-2-4-9(5-8)17-6-12-15-16-17/h2-6H,1H3,(H3,11,14,18). The van der Waals surface area contributed by atoms with Gasteiger partial charge >= 0.3 is 6.03 Å². The molecule has 1 heterocycles. The van der Waals surface area contributed by atoms with E-state index in [1.165, 1.54) is 11.0 Å². The van der Waals surface area contributed by atoms with Crippen molar-refractivity contribution in [3.63, 3.8) is 0 Å². The molecule has 1 aromatic carbocycles. The van der Waals surface area contributed by atoms with Gasteiger partial charge in [0.05, 0.1) is 11.4 Å². The fourth-order valence-electron chi connectivity index (χ4n) is 1.36. The quantitative estimate of drug-likeness (QED) is 0.588. The van der Waals surface area contributed by atoms with Crippen molar-refractivity contribution < 1.29 is 4.79 Å². The number of urea groups is 1. The van der Waals surface area contributed by atoms with E-state index in [1.807, 2.05) is 24.3 Å². The summed E-state index contributed by atoms with van der Waals surface area (Å²) in [6, 6.07) is 6.70. The maximum atomic E-state index is 10.6. The Bertz CT molecular complexity index is 576. The lowest BCUT2D eigenvalue weighted by atomic mass is 10.1. The molecule has 2 rings (SSSR count). The summed E-state index contributed by atoms with van der Waals surface area (Å²) < 4.78 is 1.53. The minimum Gasteiger partial charge on any atom is -0.350 e. The van der Waals surface area contributed by atoms with Gasteiger partial charge in [0.25, 0.3) is 0 Å². The van der Waals surface area contributed by atoms with Gasteiger partial charge in [-0.3, -0.25) is 0 Å². The molecule has 8 heteroatoms. The first-order valence-electron chi connectivity index (χ1n) is 5.10. The number of hydrogen-bond acceptors (Lipinski definition) is 5. The summed E-state index contributed by atoms with van der Waals surface area (Å²) in [7, 11) is 0. The van der Waals surface area contributed by atoms with Gasteiger partial charge in [0.2, 0.25) is 0 Å². The van der Waals surface area contributed by atoms with Crippen molar-refractivity contribution in [2.45, 2.75) is 6.92 Å². The van der Waals surface area contributed by atoms with Crippen molar-refractivity contribution in [1.82, 2.24) is 25.6 Å². The molecule has 0 saturated carbocycles. The molecule has 2 amide bonds. The van der Waals surface area contributed by atoms with Crippen molar-refractivity contribution in [2.24, 2.45) is 10.8 Å². The number of amides is 2. The number of nitrogens with one attached hydrogen (secondary N) is 1. The Morgan fingerprint density at radius 2 is 2.33 bits per heavy atom. The Kier molecular flexibility index (Phi) is 3.28. The average Bonchev–Trinajstić information content (AvgIpc) is 2.90. The molecule has 0 aliphatic heterocycles. The van der Waals surface area contributed by atoms with E-state index in [4.69, 9.17) is 5.73 Å². The Hall–Kier alpha value is -2.77. The number of benzene rings is 1. The van der Waals surface area contributed by atoms with Crippen LogP contribution in [0.15, 0.2) is 35.7 Å². The summed E-state index contributed by atoms with van der Waals surface area (Å²) in [6.07, 6.45) is 1.49. The summed E-state index contributed by atoms with van der Waals surface area (Å²) in [4.78, 5) is 10.6. The van der Waals surface area contributed by atoms with Gasteiger partial charge in [-0.2, -0.15) is 5.10 Å². The first kappa shape index (κ1) is 11.7. The van der Waals surface area contributed by atoms with Crippen molar-refractivity contribution in [3.8, 4) is 5.69 Å². The number of carbonyl (C=O) groups excluding carboxylic acids is 1. The summed E-state index contributed by atoms with van der Waals surface area (Å²) in [5.74, 6) is 0. The van der Waals surface area contributed by atoms with Gasteiger partial charge in [0, 0.05) is 0 Å². The highest BCUT2D eigenvalue weighted by Gasteiger charge is 2.02. The van der Waals surface area contributed by atoms with Crippen LogP contribution in [0.2, 0.25) is 0 Å². The SMILES string of the molecule is CC(=NNC(N)=O)c1cccc(-n2cnnn2)c1. The molecule has 0 aliphatic rings. The van der Waals surface area contributed by atoms with Crippen molar-refractivity contribution in [1.29, 1.82) is 0 Å². The molecule has 0 bridgehead atoms. The number of nitrogens with two attached hydrogens (primary N) is 1. The summed E-state index contributed by atoms with van der Waals surface area (Å²) in [5.41, 5.74) is 9.37. The Labute approximate surface area is 102 Å². The van der Waals surface area contributed by atoms with E-state index in [1.54, 1.807) is 6.92 Å². The van der Waals surface area contributed by atoms with Crippen LogP contribution in [0, 0.1) is 0 Å². The van der Waals surface area contributed by atoms with Gasteiger partial charge in [0.1, 0.15) is 6.33 Å². The Morgan fingerprint density at radius 1 is 1.50 bits per heavy atom. The fraction of sp³-hybridized carbons (Fsp3) is 0.100. The van der Waals surface area contributed by atoms with Crippen LogP contribution in [0.1, 0.15) is 12.5 Å². The van der Waals surface area contributed by atoms with Crippen LogP contribution in [-0.4, -0.2) is 32.0 Å². The van der Waals surface area contributed by atoms with E-state index in [2.05, 4.69) is 26.1 Å². The van der Waals surface area contributed by atoms with Gasteiger partial charge in [-0.25, -0.2) is 14.9 Å². The zero-order chi connectivity index (χ0) is 13.0. The van der Waals surface area contributed by atoms with Gasteiger partial charge in [0.15, 0.2) is 0 Å². The fourth-order valence-corrected chi connectivity index (χ4v) is 1.36. The zero-order valence-electron chi connectivity index (χ0n) is 9.61. The monoisotopic (exact) mass is 245 g/mol. The second-order valence-electron chi connectivity index (χ2n) is 3.48. The van der Waals surface area contributed by atoms with Crippen molar-refractivity contribution in [3.05, 3.63) is 36.2 Å². The lowest BCUT2D eigenvalue weighted by Crippen LogP contribution is -2.25. The number of hydrogen-bond donors (Lipinski definition) is 2. The van der Waals surface area contributed by atoms with Crippen LogP contribution in [0.3, 0.4) is 0 Å². The molecule has 0 unspecified atom stereocenters. The average molecular weight is 245 g/mol. The number of tetrazole rings is 1. The largest absolute Gasteiger partial charge is 0.350 e. The number of rotatable bonds is 3. The normalized spacial score (nSPS) is 11.3. The Balaban J connectivity index is 2.27. The maximum absolute atomic E-state index is 10.6. The predicted octanol–water partition coefficient (Wildman–Crippen LogP) is 0.0546. The van der Waals surface area contributed by atoms with Crippen molar-refractivity contribution in [2.75, 3.05) is 0 Å². The second-order valence-corrected chi connectivity index (χ2v) is 3.48.